The van der Waals surface area contributed by atoms with Crippen molar-refractivity contribution in [3.05, 3.63) is 47.8 Å². The summed E-state index contributed by atoms with van der Waals surface area (Å²) in [7, 11) is 0. The number of para-hydroxylation sites is 1. The molecule has 5 nitrogen and oxygen atoms in total. The number of hydrogen-bond donors (Lipinski definition) is 1. The van der Waals surface area contributed by atoms with E-state index in [0.29, 0.717) is 12.3 Å². The molecular formula is C17H19N3O2. The fraction of sp³-hybridized carbons (Fsp3) is 0.412. The average molecular weight is 297 g/mol. The Morgan fingerprint density at radius 2 is 2.23 bits per heavy atom. The summed E-state index contributed by atoms with van der Waals surface area (Å²) in [4.78, 5) is 14.7. The van der Waals surface area contributed by atoms with E-state index in [2.05, 4.69) is 10.2 Å². The molecule has 114 valence electrons. The monoisotopic (exact) mass is 297 g/mol. The van der Waals surface area contributed by atoms with Gasteiger partial charge >= 0.3 is 0 Å². The number of hydrogen-bond acceptors (Lipinski definition) is 3. The van der Waals surface area contributed by atoms with Gasteiger partial charge in [-0.1, -0.05) is 18.2 Å². The largest absolute Gasteiger partial charge is 0.480 e. The van der Waals surface area contributed by atoms with Gasteiger partial charge in [-0.15, -0.1) is 0 Å². The van der Waals surface area contributed by atoms with Crippen molar-refractivity contribution >= 4 is 5.91 Å². The number of H-pyrrole nitrogens is 1. The Hall–Kier alpha value is -2.30. The Morgan fingerprint density at radius 1 is 1.32 bits per heavy atom. The number of nitrogens with one attached hydrogen (secondary N) is 1. The highest BCUT2D eigenvalue weighted by molar-refractivity contribution is 5.82. The lowest BCUT2D eigenvalue weighted by Crippen LogP contribution is -2.46. The lowest BCUT2D eigenvalue weighted by Gasteiger charge is -2.33. The number of benzene rings is 1. The quantitative estimate of drug-likeness (QED) is 0.923. The van der Waals surface area contributed by atoms with Crippen LogP contribution in [0.1, 0.15) is 30.0 Å². The van der Waals surface area contributed by atoms with Crippen LogP contribution >= 0.6 is 0 Å². The van der Waals surface area contributed by atoms with Gasteiger partial charge in [0.25, 0.3) is 5.91 Å². The van der Waals surface area contributed by atoms with E-state index in [9.17, 15) is 4.79 Å². The number of aromatic nitrogens is 2. The van der Waals surface area contributed by atoms with Crippen LogP contribution in [0.15, 0.2) is 36.5 Å². The van der Waals surface area contributed by atoms with Crippen molar-refractivity contribution in [2.45, 2.75) is 31.3 Å². The van der Waals surface area contributed by atoms with Crippen molar-refractivity contribution in [2.75, 3.05) is 13.1 Å². The maximum atomic E-state index is 12.8. The van der Waals surface area contributed by atoms with E-state index in [0.717, 1.165) is 42.9 Å². The van der Waals surface area contributed by atoms with Crippen LogP contribution < -0.4 is 4.74 Å². The van der Waals surface area contributed by atoms with Crippen LogP contribution in [-0.4, -0.2) is 40.2 Å². The van der Waals surface area contributed by atoms with E-state index >= 15 is 0 Å². The summed E-state index contributed by atoms with van der Waals surface area (Å²) in [6.45, 7) is 1.57. The first-order valence-electron chi connectivity index (χ1n) is 7.84. The summed E-state index contributed by atoms with van der Waals surface area (Å²) in [5.41, 5.74) is 2.25. The molecule has 0 spiro atoms. The Bertz CT molecular complexity index is 643. The van der Waals surface area contributed by atoms with Crippen LogP contribution in [0.25, 0.3) is 0 Å². The van der Waals surface area contributed by atoms with E-state index in [1.165, 1.54) is 0 Å². The second-order valence-corrected chi connectivity index (χ2v) is 6.05. The fourth-order valence-electron chi connectivity index (χ4n) is 3.45. The van der Waals surface area contributed by atoms with Gasteiger partial charge in [-0.25, -0.2) is 0 Å². The Balaban J connectivity index is 1.45. The molecule has 1 N–H and O–H groups in total. The number of ether oxygens (including phenoxy) is 1. The number of carbonyl (C=O) groups is 1. The second-order valence-electron chi connectivity index (χ2n) is 6.05. The van der Waals surface area contributed by atoms with Gasteiger partial charge in [0.05, 0.1) is 0 Å². The fourth-order valence-corrected chi connectivity index (χ4v) is 3.45. The smallest absolute Gasteiger partial charge is 0.264 e. The van der Waals surface area contributed by atoms with Gasteiger partial charge in [-0.3, -0.25) is 9.89 Å². The number of aromatic amines is 1. The number of carbonyl (C=O) groups excluding carboxylic acids is 1. The second kappa shape index (κ2) is 5.48. The molecule has 1 aromatic heterocycles. The van der Waals surface area contributed by atoms with Crippen LogP contribution in [0.4, 0.5) is 0 Å². The Morgan fingerprint density at radius 3 is 3.05 bits per heavy atom. The summed E-state index contributed by atoms with van der Waals surface area (Å²) >= 11 is 0. The Kier molecular flexibility index (Phi) is 3.33. The molecule has 0 saturated carbocycles. The first kappa shape index (κ1) is 13.4. The lowest BCUT2D eigenvalue weighted by atomic mass is 9.94. The third-order valence-electron chi connectivity index (χ3n) is 4.62. The molecule has 2 aliphatic heterocycles. The standard InChI is InChI=1S/C17H19N3O2/c21-17(16-10-12-4-1-2-6-15(12)22-16)20-9-3-5-13(11-20)14-7-8-18-19-14/h1-2,4,6-8,13,16H,3,5,9-11H2,(H,18,19). The molecule has 2 aliphatic rings. The first-order valence-corrected chi connectivity index (χ1v) is 7.84. The molecule has 5 heteroatoms. The number of fused-ring (bicyclic) bond motifs is 1. The minimum Gasteiger partial charge on any atom is -0.480 e. The summed E-state index contributed by atoms with van der Waals surface area (Å²) in [6.07, 6.45) is 4.21. The van der Waals surface area contributed by atoms with E-state index < -0.39 is 0 Å². The van der Waals surface area contributed by atoms with Crippen molar-refractivity contribution < 1.29 is 9.53 Å². The minimum absolute atomic E-state index is 0.111. The highest BCUT2D eigenvalue weighted by atomic mass is 16.5. The molecule has 0 bridgehead atoms. The number of rotatable bonds is 2. The van der Waals surface area contributed by atoms with Crippen molar-refractivity contribution in [1.82, 2.24) is 15.1 Å². The number of likely N-dealkylation sites (tertiary alicyclic amines) is 1. The zero-order chi connectivity index (χ0) is 14.9. The van der Waals surface area contributed by atoms with Crippen molar-refractivity contribution in [1.29, 1.82) is 0 Å². The lowest BCUT2D eigenvalue weighted by molar-refractivity contribution is -0.139. The molecule has 1 fully saturated rings. The van der Waals surface area contributed by atoms with Gasteiger partial charge in [0.15, 0.2) is 6.10 Å². The molecule has 1 amide bonds. The van der Waals surface area contributed by atoms with Crippen LogP contribution in [0.3, 0.4) is 0 Å². The highest BCUT2D eigenvalue weighted by Crippen LogP contribution is 2.31. The van der Waals surface area contributed by atoms with E-state index in [1.54, 1.807) is 6.20 Å². The van der Waals surface area contributed by atoms with Gasteiger partial charge in [-0.2, -0.15) is 5.10 Å². The molecule has 1 saturated heterocycles. The molecule has 0 radical (unpaired) electrons. The molecule has 2 unspecified atom stereocenters. The van der Waals surface area contributed by atoms with Crippen LogP contribution in [-0.2, 0) is 11.2 Å². The molecule has 1 aromatic carbocycles. The van der Waals surface area contributed by atoms with Crippen molar-refractivity contribution in [3.63, 3.8) is 0 Å². The SMILES string of the molecule is O=C(C1Cc2ccccc2O1)N1CCCC(c2ccn[nH]2)C1. The molecular weight excluding hydrogens is 278 g/mol. The predicted octanol–water partition coefficient (Wildman–Crippen LogP) is 2.12. The number of piperidine rings is 1. The first-order chi connectivity index (χ1) is 10.8. The minimum atomic E-state index is -0.363. The maximum Gasteiger partial charge on any atom is 0.264 e. The topological polar surface area (TPSA) is 58.2 Å². The molecule has 2 atom stereocenters. The zero-order valence-corrected chi connectivity index (χ0v) is 12.4. The molecule has 22 heavy (non-hydrogen) atoms. The van der Waals surface area contributed by atoms with E-state index in [-0.39, 0.29) is 12.0 Å². The molecule has 0 aliphatic carbocycles. The molecule has 3 heterocycles. The van der Waals surface area contributed by atoms with Gasteiger partial charge in [0.2, 0.25) is 0 Å². The van der Waals surface area contributed by atoms with Gasteiger partial charge in [0.1, 0.15) is 5.75 Å². The maximum absolute atomic E-state index is 12.8. The van der Waals surface area contributed by atoms with E-state index in [1.807, 2.05) is 35.2 Å². The number of amides is 1. The van der Waals surface area contributed by atoms with Gasteiger partial charge < -0.3 is 9.64 Å². The summed E-state index contributed by atoms with van der Waals surface area (Å²) in [5, 5.41) is 7.05. The zero-order valence-electron chi connectivity index (χ0n) is 12.4. The van der Waals surface area contributed by atoms with Gasteiger partial charge in [0, 0.05) is 37.3 Å². The number of nitrogens with zero attached hydrogens (tertiary/aromatic N) is 2. The third-order valence-corrected chi connectivity index (χ3v) is 4.62. The van der Waals surface area contributed by atoms with E-state index in [4.69, 9.17) is 4.74 Å². The summed E-state index contributed by atoms with van der Waals surface area (Å²) < 4.78 is 5.84. The van der Waals surface area contributed by atoms with Gasteiger partial charge in [-0.05, 0) is 30.5 Å². The average Bonchev–Trinajstić information content (AvgIpc) is 3.23. The van der Waals surface area contributed by atoms with Crippen LogP contribution in [0.5, 0.6) is 5.75 Å². The summed E-state index contributed by atoms with van der Waals surface area (Å²) in [6, 6.07) is 9.91. The van der Waals surface area contributed by atoms with Crippen molar-refractivity contribution in [3.8, 4) is 5.75 Å². The highest BCUT2D eigenvalue weighted by Gasteiger charge is 2.34. The molecule has 2 aromatic rings. The van der Waals surface area contributed by atoms with Crippen molar-refractivity contribution in [2.24, 2.45) is 0 Å². The summed E-state index contributed by atoms with van der Waals surface area (Å²) in [5.74, 6) is 1.31. The predicted molar refractivity (Wildman–Crippen MR) is 81.7 cm³/mol. The Labute approximate surface area is 129 Å². The van der Waals surface area contributed by atoms with Crippen LogP contribution in [0, 0.1) is 0 Å². The third kappa shape index (κ3) is 2.36. The van der Waals surface area contributed by atoms with Crippen LogP contribution in [0.2, 0.25) is 0 Å². The molecule has 4 rings (SSSR count). The normalized spacial score (nSPS) is 23.9.